The van der Waals surface area contributed by atoms with E-state index in [9.17, 15) is 9.18 Å². The normalized spacial score (nSPS) is 23.9. The molecule has 0 aliphatic carbocycles. The van der Waals surface area contributed by atoms with Crippen molar-refractivity contribution < 1.29 is 13.9 Å². The third-order valence-electron chi connectivity index (χ3n) is 3.08. The Bertz CT molecular complexity index is 433. The molecule has 92 valence electrons. The van der Waals surface area contributed by atoms with Gasteiger partial charge in [-0.1, -0.05) is 18.5 Å². The Labute approximate surface area is 105 Å². The summed E-state index contributed by atoms with van der Waals surface area (Å²) < 4.78 is 18.4. The lowest BCUT2D eigenvalue weighted by Crippen LogP contribution is -2.26. The lowest BCUT2D eigenvalue weighted by molar-refractivity contribution is -0.128. The van der Waals surface area contributed by atoms with Crippen LogP contribution in [0.25, 0.3) is 0 Å². The second-order valence-electron chi connectivity index (χ2n) is 4.44. The summed E-state index contributed by atoms with van der Waals surface area (Å²) in [6.07, 6.45) is 0.660. The van der Waals surface area contributed by atoms with Crippen LogP contribution in [0, 0.1) is 11.7 Å². The summed E-state index contributed by atoms with van der Waals surface area (Å²) in [6.45, 7) is 2.61. The Hall–Kier alpha value is -0.930. The van der Waals surface area contributed by atoms with Crippen molar-refractivity contribution in [2.75, 3.05) is 6.61 Å². The fourth-order valence-corrected chi connectivity index (χ4v) is 2.26. The fraction of sp³-hybridized carbons (Fsp3) is 0.462. The molecule has 1 saturated heterocycles. The molecule has 0 aromatic heterocycles. The second kappa shape index (κ2) is 5.15. The molecule has 1 aliphatic heterocycles. The Morgan fingerprint density at radius 2 is 2.35 bits per heavy atom. The van der Waals surface area contributed by atoms with Gasteiger partial charge in [-0.3, -0.25) is 4.79 Å². The molecule has 1 heterocycles. The van der Waals surface area contributed by atoms with Gasteiger partial charge in [0, 0.05) is 18.1 Å². The molecule has 0 saturated carbocycles. The van der Waals surface area contributed by atoms with E-state index in [1.54, 1.807) is 0 Å². The molecule has 1 fully saturated rings. The van der Waals surface area contributed by atoms with Gasteiger partial charge >= 0.3 is 0 Å². The minimum absolute atomic E-state index is 0.0255. The van der Waals surface area contributed by atoms with Crippen LogP contribution in [0.15, 0.2) is 18.2 Å². The van der Waals surface area contributed by atoms with Crippen LogP contribution in [0.4, 0.5) is 4.39 Å². The molecule has 0 N–H and O–H groups in total. The topological polar surface area (TPSA) is 26.3 Å². The summed E-state index contributed by atoms with van der Waals surface area (Å²) in [5, 5.41) is 0.422. The van der Waals surface area contributed by atoms with E-state index in [0.717, 1.165) is 6.42 Å². The van der Waals surface area contributed by atoms with Crippen molar-refractivity contribution in [3.8, 4) is 0 Å². The molecular weight excluding hydrogens is 243 g/mol. The molecular formula is C13H14ClFO2. The van der Waals surface area contributed by atoms with Gasteiger partial charge in [-0.15, -0.1) is 0 Å². The molecule has 4 heteroatoms. The number of hydrogen-bond acceptors (Lipinski definition) is 2. The number of ketones is 1. The molecule has 1 aromatic rings. The van der Waals surface area contributed by atoms with E-state index in [1.807, 2.05) is 6.92 Å². The largest absolute Gasteiger partial charge is 0.370 e. The average molecular weight is 257 g/mol. The van der Waals surface area contributed by atoms with E-state index in [4.69, 9.17) is 16.3 Å². The number of halogens is 2. The molecule has 2 atom stereocenters. The maximum Gasteiger partial charge on any atom is 0.166 e. The SMILES string of the molecule is CC1CCOC1C(=O)Cc1cc(F)ccc1Cl. The van der Waals surface area contributed by atoms with Crippen molar-refractivity contribution in [2.45, 2.75) is 25.9 Å². The van der Waals surface area contributed by atoms with Gasteiger partial charge in [0.25, 0.3) is 0 Å². The summed E-state index contributed by atoms with van der Waals surface area (Å²) in [5.74, 6) is -0.171. The van der Waals surface area contributed by atoms with E-state index >= 15 is 0 Å². The van der Waals surface area contributed by atoms with Crippen molar-refractivity contribution in [3.05, 3.63) is 34.6 Å². The first-order chi connectivity index (χ1) is 8.08. The zero-order valence-corrected chi connectivity index (χ0v) is 10.3. The van der Waals surface area contributed by atoms with Gasteiger partial charge in [0.05, 0.1) is 0 Å². The first kappa shape index (κ1) is 12.5. The Balaban J connectivity index is 2.10. The fourth-order valence-electron chi connectivity index (χ4n) is 2.07. The Kier molecular flexibility index (Phi) is 3.79. The molecule has 1 aliphatic rings. The number of benzene rings is 1. The van der Waals surface area contributed by atoms with Gasteiger partial charge in [0.1, 0.15) is 11.9 Å². The van der Waals surface area contributed by atoms with Crippen LogP contribution < -0.4 is 0 Å². The van der Waals surface area contributed by atoms with Gasteiger partial charge in [0.2, 0.25) is 0 Å². The third-order valence-corrected chi connectivity index (χ3v) is 3.45. The second-order valence-corrected chi connectivity index (χ2v) is 4.84. The van der Waals surface area contributed by atoms with Crippen LogP contribution in [-0.2, 0) is 16.0 Å². The summed E-state index contributed by atoms with van der Waals surface area (Å²) >= 11 is 5.92. The van der Waals surface area contributed by atoms with Gasteiger partial charge in [0.15, 0.2) is 5.78 Å². The molecule has 0 spiro atoms. The maximum atomic E-state index is 13.1. The quantitative estimate of drug-likeness (QED) is 0.831. The molecule has 1 aromatic carbocycles. The standard InChI is InChI=1S/C13H14ClFO2/c1-8-4-5-17-13(8)12(16)7-9-6-10(15)2-3-11(9)14/h2-3,6,8,13H,4-5,7H2,1H3. The number of carbonyl (C=O) groups is 1. The number of hydrogen-bond donors (Lipinski definition) is 0. The van der Waals surface area contributed by atoms with Gasteiger partial charge < -0.3 is 4.74 Å². The first-order valence-corrected chi connectivity index (χ1v) is 6.04. The van der Waals surface area contributed by atoms with E-state index in [1.165, 1.54) is 18.2 Å². The zero-order chi connectivity index (χ0) is 12.4. The van der Waals surface area contributed by atoms with Gasteiger partial charge in [-0.05, 0) is 36.1 Å². The molecule has 0 amide bonds. The molecule has 2 rings (SSSR count). The lowest BCUT2D eigenvalue weighted by atomic mass is 9.96. The maximum absolute atomic E-state index is 13.1. The molecule has 0 radical (unpaired) electrons. The smallest absolute Gasteiger partial charge is 0.166 e. The zero-order valence-electron chi connectivity index (χ0n) is 9.58. The third kappa shape index (κ3) is 2.85. The monoisotopic (exact) mass is 256 g/mol. The van der Waals surface area contributed by atoms with E-state index in [-0.39, 0.29) is 30.0 Å². The highest BCUT2D eigenvalue weighted by Gasteiger charge is 2.30. The van der Waals surface area contributed by atoms with Crippen LogP contribution >= 0.6 is 11.6 Å². The highest BCUT2D eigenvalue weighted by molar-refractivity contribution is 6.31. The van der Waals surface area contributed by atoms with Crippen LogP contribution in [0.3, 0.4) is 0 Å². The molecule has 17 heavy (non-hydrogen) atoms. The van der Waals surface area contributed by atoms with Crippen LogP contribution in [0.2, 0.25) is 5.02 Å². The van der Waals surface area contributed by atoms with Gasteiger partial charge in [-0.2, -0.15) is 0 Å². The number of Topliss-reactive ketones (excluding diaryl/α,β-unsaturated/α-hetero) is 1. The Morgan fingerprint density at radius 1 is 1.59 bits per heavy atom. The van der Waals surface area contributed by atoms with E-state index in [0.29, 0.717) is 17.2 Å². The highest BCUT2D eigenvalue weighted by Crippen LogP contribution is 2.24. The minimum Gasteiger partial charge on any atom is -0.370 e. The summed E-state index contributed by atoms with van der Waals surface area (Å²) in [7, 11) is 0. The van der Waals surface area contributed by atoms with Crippen molar-refractivity contribution in [3.63, 3.8) is 0 Å². The lowest BCUT2D eigenvalue weighted by Gasteiger charge is -2.13. The van der Waals surface area contributed by atoms with Gasteiger partial charge in [-0.25, -0.2) is 4.39 Å². The first-order valence-electron chi connectivity index (χ1n) is 5.66. The summed E-state index contributed by atoms with van der Waals surface area (Å²) in [6, 6.07) is 4.06. The van der Waals surface area contributed by atoms with Crippen LogP contribution in [0.1, 0.15) is 18.9 Å². The Morgan fingerprint density at radius 3 is 3.00 bits per heavy atom. The van der Waals surface area contributed by atoms with Crippen molar-refractivity contribution in [2.24, 2.45) is 5.92 Å². The highest BCUT2D eigenvalue weighted by atomic mass is 35.5. The van der Waals surface area contributed by atoms with Crippen LogP contribution in [-0.4, -0.2) is 18.5 Å². The molecule has 2 unspecified atom stereocenters. The van der Waals surface area contributed by atoms with E-state index < -0.39 is 0 Å². The average Bonchev–Trinajstić information content (AvgIpc) is 2.70. The molecule has 0 bridgehead atoms. The van der Waals surface area contributed by atoms with Crippen molar-refractivity contribution in [1.82, 2.24) is 0 Å². The van der Waals surface area contributed by atoms with E-state index in [2.05, 4.69) is 0 Å². The van der Waals surface area contributed by atoms with Crippen LogP contribution in [0.5, 0.6) is 0 Å². The van der Waals surface area contributed by atoms with Crippen molar-refractivity contribution >= 4 is 17.4 Å². The number of ether oxygens (including phenoxy) is 1. The predicted octanol–water partition coefficient (Wildman–Crippen LogP) is 3.02. The number of carbonyl (C=O) groups excluding carboxylic acids is 1. The number of rotatable bonds is 3. The summed E-state index contributed by atoms with van der Waals surface area (Å²) in [4.78, 5) is 12.0. The minimum atomic E-state index is -0.377. The van der Waals surface area contributed by atoms with Crippen molar-refractivity contribution in [1.29, 1.82) is 0 Å². The molecule has 2 nitrogen and oxygen atoms in total. The predicted molar refractivity (Wildman–Crippen MR) is 63.6 cm³/mol. The summed E-state index contributed by atoms with van der Waals surface area (Å²) in [5.41, 5.74) is 0.527.